The highest BCUT2D eigenvalue weighted by Crippen LogP contribution is 2.46. The van der Waals surface area contributed by atoms with Crippen LogP contribution in [0.25, 0.3) is 16.8 Å². The largest absolute Gasteiger partial charge is 0.579 e. The van der Waals surface area contributed by atoms with Crippen LogP contribution in [0.2, 0.25) is 0 Å². The molecular formula is C21H31N7OS. The van der Waals surface area contributed by atoms with Gasteiger partial charge < -0.3 is 9.54 Å². The average molecular weight is 430 g/mol. The first-order chi connectivity index (χ1) is 14.5. The standard InChI is InChI=1S/C21H31N7OS/c1-3-7-21(19-25-24-17-15-23-18-16(28(17)19)6-12-22-18)10-8-20(2,9-11-21)26-30(29)27-13-4-5-14-27/h6,12,15,22,26H,3-5,7-11,13-14H2,1-2H3. The molecule has 1 saturated heterocycles. The molecule has 9 heteroatoms. The van der Waals surface area contributed by atoms with E-state index in [0.29, 0.717) is 0 Å². The molecule has 1 aliphatic carbocycles. The lowest BCUT2D eigenvalue weighted by Crippen LogP contribution is -2.54. The van der Waals surface area contributed by atoms with Gasteiger partial charge in [-0.15, -0.1) is 19.2 Å². The number of aromatic amines is 1. The van der Waals surface area contributed by atoms with Crippen LogP contribution >= 0.6 is 0 Å². The van der Waals surface area contributed by atoms with Gasteiger partial charge in [-0.05, 0) is 57.9 Å². The Kier molecular flexibility index (Phi) is 5.25. The normalized spacial score (nSPS) is 29.2. The Morgan fingerprint density at radius 2 is 1.97 bits per heavy atom. The highest BCUT2D eigenvalue weighted by atomic mass is 32.2. The molecule has 0 spiro atoms. The quantitative estimate of drug-likeness (QED) is 0.584. The van der Waals surface area contributed by atoms with Crippen LogP contribution in [0.4, 0.5) is 0 Å². The molecule has 2 aliphatic rings. The molecule has 1 aliphatic heterocycles. The molecule has 3 aromatic rings. The van der Waals surface area contributed by atoms with Crippen molar-refractivity contribution in [3.05, 3.63) is 24.3 Å². The molecule has 1 saturated carbocycles. The van der Waals surface area contributed by atoms with Crippen molar-refractivity contribution in [2.75, 3.05) is 13.1 Å². The number of aromatic nitrogens is 5. The van der Waals surface area contributed by atoms with Crippen molar-refractivity contribution in [1.29, 1.82) is 0 Å². The monoisotopic (exact) mass is 429 g/mol. The molecule has 5 rings (SSSR count). The maximum Gasteiger partial charge on any atom is 0.179 e. The second kappa shape index (κ2) is 7.78. The summed E-state index contributed by atoms with van der Waals surface area (Å²) in [5.74, 6) is 1.05. The Bertz CT molecular complexity index is 1020. The summed E-state index contributed by atoms with van der Waals surface area (Å²) in [7, 11) is 0. The Morgan fingerprint density at radius 3 is 2.70 bits per heavy atom. The van der Waals surface area contributed by atoms with Crippen molar-refractivity contribution in [2.24, 2.45) is 0 Å². The molecule has 0 bridgehead atoms. The minimum Gasteiger partial charge on any atom is -0.579 e. The van der Waals surface area contributed by atoms with E-state index in [-0.39, 0.29) is 11.0 Å². The zero-order chi connectivity index (χ0) is 20.8. The average Bonchev–Trinajstić information content (AvgIpc) is 3.49. The van der Waals surface area contributed by atoms with Crippen LogP contribution in [0.3, 0.4) is 0 Å². The van der Waals surface area contributed by atoms with Gasteiger partial charge in [0.25, 0.3) is 0 Å². The number of nitrogens with one attached hydrogen (secondary N) is 2. The fraction of sp³-hybridized carbons (Fsp3) is 0.667. The van der Waals surface area contributed by atoms with Crippen molar-refractivity contribution in [2.45, 2.75) is 76.2 Å². The lowest BCUT2D eigenvalue weighted by molar-refractivity contribution is 0.176. The Morgan fingerprint density at radius 1 is 1.20 bits per heavy atom. The topological polar surface area (TPSA) is 97.2 Å². The van der Waals surface area contributed by atoms with Gasteiger partial charge in [0.1, 0.15) is 17.4 Å². The molecule has 2 fully saturated rings. The predicted octanol–water partition coefficient (Wildman–Crippen LogP) is 3.24. The molecular weight excluding hydrogens is 398 g/mol. The van der Waals surface area contributed by atoms with Gasteiger partial charge in [-0.25, -0.2) is 4.98 Å². The molecule has 30 heavy (non-hydrogen) atoms. The van der Waals surface area contributed by atoms with Crippen LogP contribution in [0.5, 0.6) is 0 Å². The van der Waals surface area contributed by atoms with Crippen LogP contribution in [0.1, 0.15) is 71.0 Å². The molecule has 0 amide bonds. The summed E-state index contributed by atoms with van der Waals surface area (Å²) in [4.78, 5) is 7.66. The molecule has 8 nitrogen and oxygen atoms in total. The summed E-state index contributed by atoms with van der Waals surface area (Å²) < 4.78 is 20.5. The summed E-state index contributed by atoms with van der Waals surface area (Å²) in [6, 6.07) is 2.05. The van der Waals surface area contributed by atoms with Crippen LogP contribution in [0.15, 0.2) is 18.5 Å². The number of rotatable bonds is 6. The second-order valence-electron chi connectivity index (χ2n) is 9.27. The van der Waals surface area contributed by atoms with Crippen molar-refractivity contribution < 1.29 is 4.55 Å². The van der Waals surface area contributed by atoms with E-state index in [1.54, 1.807) is 6.20 Å². The summed E-state index contributed by atoms with van der Waals surface area (Å²) in [6.07, 6.45) is 12.1. The SMILES string of the molecule is CCCC1(c2nnc3cnc4[nH]ccc4n23)CCC(C)(N[S+]([O-])N2CCCC2)CC1. The number of fused-ring (bicyclic) bond motifs is 3. The third-order valence-electron chi connectivity index (χ3n) is 7.09. The Balaban J connectivity index is 1.43. The van der Waals surface area contributed by atoms with Gasteiger partial charge in [-0.3, -0.25) is 4.40 Å². The maximum atomic E-state index is 12.8. The fourth-order valence-corrected chi connectivity index (χ4v) is 6.64. The molecule has 1 unspecified atom stereocenters. The van der Waals surface area contributed by atoms with Gasteiger partial charge in [0, 0.05) is 24.7 Å². The summed E-state index contributed by atoms with van der Waals surface area (Å²) in [5, 5.41) is 9.14. The fourth-order valence-electron chi connectivity index (χ4n) is 5.29. The number of hydrogen-bond acceptors (Lipinski definition) is 6. The molecule has 0 radical (unpaired) electrons. The number of nitrogens with zero attached hydrogens (tertiary/aromatic N) is 5. The lowest BCUT2D eigenvalue weighted by atomic mass is 9.65. The van der Waals surface area contributed by atoms with Crippen molar-refractivity contribution in [3.8, 4) is 0 Å². The number of H-pyrrole nitrogens is 1. The van der Waals surface area contributed by atoms with Crippen molar-refractivity contribution >= 4 is 28.4 Å². The van der Waals surface area contributed by atoms with Crippen LogP contribution in [0, 0.1) is 0 Å². The van der Waals surface area contributed by atoms with Crippen LogP contribution in [-0.4, -0.2) is 52.1 Å². The molecule has 1 atom stereocenters. The van der Waals surface area contributed by atoms with E-state index in [1.165, 1.54) is 0 Å². The van der Waals surface area contributed by atoms with E-state index in [0.717, 1.165) is 87.1 Å². The van der Waals surface area contributed by atoms with E-state index in [4.69, 9.17) is 0 Å². The summed E-state index contributed by atoms with van der Waals surface area (Å²) in [6.45, 7) is 6.34. The lowest BCUT2D eigenvalue weighted by Gasteiger charge is -2.44. The third-order valence-corrected chi connectivity index (χ3v) is 8.59. The number of hydrogen-bond donors (Lipinski definition) is 2. The van der Waals surface area contributed by atoms with Crippen LogP contribution < -0.4 is 4.72 Å². The maximum absolute atomic E-state index is 12.8. The molecule has 0 aromatic carbocycles. The van der Waals surface area contributed by atoms with Gasteiger partial charge in [0.15, 0.2) is 11.3 Å². The zero-order valence-corrected chi connectivity index (χ0v) is 18.7. The first-order valence-corrected chi connectivity index (χ1v) is 12.3. The van der Waals surface area contributed by atoms with Gasteiger partial charge >= 0.3 is 0 Å². The van der Waals surface area contributed by atoms with Crippen molar-refractivity contribution in [3.63, 3.8) is 0 Å². The Hall–Kier alpha value is -1.68. The summed E-state index contributed by atoms with van der Waals surface area (Å²) in [5.41, 5.74) is 2.56. The van der Waals surface area contributed by atoms with Gasteiger partial charge in [-0.2, -0.15) is 0 Å². The highest BCUT2D eigenvalue weighted by Gasteiger charge is 2.46. The van der Waals surface area contributed by atoms with E-state index in [2.05, 4.69) is 53.5 Å². The smallest absolute Gasteiger partial charge is 0.179 e. The zero-order valence-electron chi connectivity index (χ0n) is 17.9. The van der Waals surface area contributed by atoms with E-state index >= 15 is 0 Å². The van der Waals surface area contributed by atoms with Crippen molar-refractivity contribution in [1.82, 2.24) is 33.6 Å². The minimum atomic E-state index is -1.10. The highest BCUT2D eigenvalue weighted by molar-refractivity contribution is 7.87. The van der Waals surface area contributed by atoms with E-state index < -0.39 is 11.5 Å². The Labute approximate surface area is 180 Å². The summed E-state index contributed by atoms with van der Waals surface area (Å²) >= 11 is -1.10. The van der Waals surface area contributed by atoms with E-state index in [9.17, 15) is 4.55 Å². The van der Waals surface area contributed by atoms with Gasteiger partial charge in [-0.1, -0.05) is 13.3 Å². The first kappa shape index (κ1) is 20.2. The minimum absolute atomic E-state index is 0.0178. The molecule has 2 N–H and O–H groups in total. The second-order valence-corrected chi connectivity index (χ2v) is 10.5. The van der Waals surface area contributed by atoms with Gasteiger partial charge in [0.05, 0.1) is 17.3 Å². The molecule has 3 aromatic heterocycles. The van der Waals surface area contributed by atoms with E-state index in [1.807, 2.05) is 6.20 Å². The molecule has 162 valence electrons. The van der Waals surface area contributed by atoms with Crippen LogP contribution in [-0.2, 0) is 17.0 Å². The van der Waals surface area contributed by atoms with Gasteiger partial charge in [0.2, 0.25) is 0 Å². The first-order valence-electron chi connectivity index (χ1n) is 11.2. The molecule has 4 heterocycles. The predicted molar refractivity (Wildman–Crippen MR) is 118 cm³/mol. The third kappa shape index (κ3) is 3.41.